The van der Waals surface area contributed by atoms with Crippen LogP contribution in [0.25, 0.3) is 22.6 Å². The average Bonchev–Trinajstić information content (AvgIpc) is 3.21. The Morgan fingerprint density at radius 1 is 1.09 bits per heavy atom. The molecule has 0 atom stereocenters. The standard InChI is InChI=1S/C26H25N3O4S/c1-4-11-32-19-8-5-17(6-9-19)24(31)29-26(34)27-18-7-10-22(30)20(14-18)25-28-21-12-15(2)16(3)13-23(21)33-25/h5-10,12-14,30H,4,11H2,1-3H3,(H2,27,29,31,34). The average molecular weight is 476 g/mol. The van der Waals surface area contributed by atoms with Gasteiger partial charge in [0.15, 0.2) is 10.7 Å². The van der Waals surface area contributed by atoms with Gasteiger partial charge in [0, 0.05) is 11.3 Å². The van der Waals surface area contributed by atoms with E-state index >= 15 is 0 Å². The van der Waals surface area contributed by atoms with Crippen LogP contribution < -0.4 is 15.4 Å². The van der Waals surface area contributed by atoms with E-state index in [1.54, 1.807) is 36.4 Å². The van der Waals surface area contributed by atoms with Gasteiger partial charge in [-0.05, 0) is 98.2 Å². The summed E-state index contributed by atoms with van der Waals surface area (Å²) in [4.78, 5) is 17.0. The van der Waals surface area contributed by atoms with Crippen molar-refractivity contribution in [1.29, 1.82) is 0 Å². The van der Waals surface area contributed by atoms with Crippen LogP contribution in [0.1, 0.15) is 34.8 Å². The normalized spacial score (nSPS) is 10.8. The third-order valence-electron chi connectivity index (χ3n) is 5.31. The van der Waals surface area contributed by atoms with Crippen LogP contribution in [0, 0.1) is 13.8 Å². The lowest BCUT2D eigenvalue weighted by Crippen LogP contribution is -2.34. The van der Waals surface area contributed by atoms with Gasteiger partial charge >= 0.3 is 0 Å². The van der Waals surface area contributed by atoms with E-state index in [-0.39, 0.29) is 16.8 Å². The molecule has 4 aromatic rings. The van der Waals surface area contributed by atoms with Gasteiger partial charge in [-0.15, -0.1) is 0 Å². The molecule has 1 amide bonds. The lowest BCUT2D eigenvalue weighted by atomic mass is 10.1. The van der Waals surface area contributed by atoms with E-state index < -0.39 is 0 Å². The van der Waals surface area contributed by atoms with Crippen LogP contribution in [0.15, 0.2) is 59.0 Å². The van der Waals surface area contributed by atoms with Gasteiger partial charge in [0.1, 0.15) is 17.0 Å². The van der Waals surface area contributed by atoms with E-state index in [0.717, 1.165) is 17.5 Å². The van der Waals surface area contributed by atoms with Crippen molar-refractivity contribution in [2.24, 2.45) is 0 Å². The Morgan fingerprint density at radius 3 is 2.56 bits per heavy atom. The molecular weight excluding hydrogens is 450 g/mol. The fraction of sp³-hybridized carbons (Fsp3) is 0.192. The maximum atomic E-state index is 12.5. The number of aromatic hydroxyl groups is 1. The highest BCUT2D eigenvalue weighted by atomic mass is 32.1. The molecule has 1 aromatic heterocycles. The Hall–Kier alpha value is -3.91. The van der Waals surface area contributed by atoms with Gasteiger partial charge < -0.3 is 19.6 Å². The monoisotopic (exact) mass is 475 g/mol. The van der Waals surface area contributed by atoms with Crippen LogP contribution in [0.3, 0.4) is 0 Å². The number of hydrogen-bond acceptors (Lipinski definition) is 6. The Labute approximate surface area is 202 Å². The summed E-state index contributed by atoms with van der Waals surface area (Å²) in [5.41, 5.74) is 4.99. The molecule has 0 radical (unpaired) electrons. The van der Waals surface area contributed by atoms with Crippen molar-refractivity contribution in [2.75, 3.05) is 11.9 Å². The second-order valence-corrected chi connectivity index (χ2v) is 8.34. The molecule has 4 rings (SSSR count). The summed E-state index contributed by atoms with van der Waals surface area (Å²) in [7, 11) is 0. The quantitative estimate of drug-likeness (QED) is 0.242. The lowest BCUT2D eigenvalue weighted by Gasteiger charge is -2.11. The van der Waals surface area contributed by atoms with Crippen LogP contribution in [0.2, 0.25) is 0 Å². The molecule has 0 aliphatic carbocycles. The van der Waals surface area contributed by atoms with Gasteiger partial charge in [-0.3, -0.25) is 10.1 Å². The molecule has 3 N–H and O–H groups in total. The predicted octanol–water partition coefficient (Wildman–Crippen LogP) is 5.73. The van der Waals surface area contributed by atoms with Crippen molar-refractivity contribution in [3.05, 3.63) is 71.3 Å². The van der Waals surface area contributed by atoms with E-state index in [2.05, 4.69) is 15.6 Å². The first-order valence-corrected chi connectivity index (χ1v) is 11.3. The van der Waals surface area contributed by atoms with Crippen molar-refractivity contribution >= 4 is 40.0 Å². The second-order valence-electron chi connectivity index (χ2n) is 7.94. The molecule has 8 heteroatoms. The Balaban J connectivity index is 1.46. The summed E-state index contributed by atoms with van der Waals surface area (Å²) < 4.78 is 11.4. The Bertz CT molecular complexity index is 1320. The summed E-state index contributed by atoms with van der Waals surface area (Å²) in [6, 6.07) is 15.6. The summed E-state index contributed by atoms with van der Waals surface area (Å²) in [6.45, 7) is 6.66. The van der Waals surface area contributed by atoms with Gasteiger partial charge in [-0.2, -0.15) is 0 Å². The predicted molar refractivity (Wildman–Crippen MR) is 136 cm³/mol. The summed E-state index contributed by atoms with van der Waals surface area (Å²) >= 11 is 5.30. The van der Waals surface area contributed by atoms with Crippen molar-refractivity contribution in [1.82, 2.24) is 10.3 Å². The van der Waals surface area contributed by atoms with E-state index in [1.807, 2.05) is 32.9 Å². The number of phenolic OH excluding ortho intramolecular Hbond substituents is 1. The number of nitrogens with one attached hydrogen (secondary N) is 2. The van der Waals surface area contributed by atoms with E-state index in [0.29, 0.717) is 46.2 Å². The number of nitrogens with zero attached hydrogens (tertiary/aromatic N) is 1. The number of carbonyl (C=O) groups excluding carboxylic acids is 1. The van der Waals surface area contributed by atoms with Crippen LogP contribution in [-0.2, 0) is 0 Å². The van der Waals surface area contributed by atoms with Crippen molar-refractivity contribution in [3.63, 3.8) is 0 Å². The minimum absolute atomic E-state index is 0.0193. The number of rotatable bonds is 6. The Morgan fingerprint density at radius 2 is 1.82 bits per heavy atom. The minimum Gasteiger partial charge on any atom is -0.507 e. The van der Waals surface area contributed by atoms with Crippen molar-refractivity contribution < 1.29 is 19.1 Å². The van der Waals surface area contributed by atoms with Gasteiger partial charge in [-0.25, -0.2) is 4.98 Å². The number of ether oxygens (including phenoxy) is 1. The van der Waals surface area contributed by atoms with Crippen LogP contribution >= 0.6 is 12.2 Å². The third kappa shape index (κ3) is 5.18. The first-order chi connectivity index (χ1) is 16.3. The number of phenols is 1. The third-order valence-corrected chi connectivity index (χ3v) is 5.51. The first-order valence-electron chi connectivity index (χ1n) is 10.9. The molecule has 1 heterocycles. The second kappa shape index (κ2) is 9.93. The smallest absolute Gasteiger partial charge is 0.257 e. The van der Waals surface area contributed by atoms with Gasteiger partial charge in [-0.1, -0.05) is 6.92 Å². The van der Waals surface area contributed by atoms with Crippen molar-refractivity contribution in [2.45, 2.75) is 27.2 Å². The zero-order chi connectivity index (χ0) is 24.2. The number of anilines is 1. The lowest BCUT2D eigenvalue weighted by molar-refractivity contribution is 0.0977. The number of oxazole rings is 1. The number of aryl methyl sites for hydroxylation is 2. The molecule has 0 unspecified atom stereocenters. The van der Waals surface area contributed by atoms with Crippen LogP contribution in [0.5, 0.6) is 11.5 Å². The van der Waals surface area contributed by atoms with E-state index in [9.17, 15) is 9.90 Å². The van der Waals surface area contributed by atoms with Gasteiger partial charge in [0.2, 0.25) is 5.89 Å². The SMILES string of the molecule is CCCOc1ccc(C(=O)NC(=S)Nc2ccc(O)c(-c3nc4cc(C)c(C)cc4o3)c2)cc1. The molecule has 7 nitrogen and oxygen atoms in total. The fourth-order valence-electron chi connectivity index (χ4n) is 3.34. The molecule has 34 heavy (non-hydrogen) atoms. The molecular formula is C26H25N3O4S. The zero-order valence-electron chi connectivity index (χ0n) is 19.1. The molecule has 0 spiro atoms. The molecule has 0 aliphatic rings. The van der Waals surface area contributed by atoms with Crippen LogP contribution in [-0.4, -0.2) is 27.7 Å². The highest BCUT2D eigenvalue weighted by molar-refractivity contribution is 7.80. The highest BCUT2D eigenvalue weighted by Gasteiger charge is 2.15. The minimum atomic E-state index is -0.344. The molecule has 0 bridgehead atoms. The number of fused-ring (bicyclic) bond motifs is 1. The molecule has 0 fully saturated rings. The van der Waals surface area contributed by atoms with E-state index in [1.165, 1.54) is 6.07 Å². The highest BCUT2D eigenvalue weighted by Crippen LogP contribution is 2.34. The first kappa shape index (κ1) is 23.3. The number of amides is 1. The number of aromatic nitrogens is 1. The molecule has 0 saturated carbocycles. The molecule has 3 aromatic carbocycles. The number of carbonyl (C=O) groups is 1. The topological polar surface area (TPSA) is 96.6 Å². The summed E-state index contributed by atoms with van der Waals surface area (Å²) in [5.74, 6) is 0.677. The molecule has 174 valence electrons. The number of hydrogen-bond donors (Lipinski definition) is 3. The summed E-state index contributed by atoms with van der Waals surface area (Å²) in [6.07, 6.45) is 0.910. The van der Waals surface area contributed by atoms with Gasteiger partial charge in [0.25, 0.3) is 5.91 Å². The van der Waals surface area contributed by atoms with Crippen molar-refractivity contribution in [3.8, 4) is 23.0 Å². The Kier molecular flexibility index (Phi) is 6.79. The maximum absolute atomic E-state index is 12.5. The fourth-order valence-corrected chi connectivity index (χ4v) is 3.55. The number of thiocarbonyl (C=S) groups is 1. The van der Waals surface area contributed by atoms with Gasteiger partial charge in [0.05, 0.1) is 12.2 Å². The van der Waals surface area contributed by atoms with E-state index in [4.69, 9.17) is 21.4 Å². The van der Waals surface area contributed by atoms with Crippen LogP contribution in [0.4, 0.5) is 5.69 Å². The largest absolute Gasteiger partial charge is 0.507 e. The zero-order valence-corrected chi connectivity index (χ0v) is 20.0. The number of benzene rings is 3. The maximum Gasteiger partial charge on any atom is 0.257 e. The summed E-state index contributed by atoms with van der Waals surface area (Å²) in [5, 5.41) is 16.1. The molecule has 0 aliphatic heterocycles. The molecule has 0 saturated heterocycles.